The summed E-state index contributed by atoms with van der Waals surface area (Å²) in [5.41, 5.74) is 1.63. The molecule has 5 unspecified atom stereocenters. The topological polar surface area (TPSA) is 0 Å². The molecule has 80 valence electrons. The Morgan fingerprint density at radius 1 is 1.07 bits per heavy atom. The molecule has 2 aliphatic carbocycles. The van der Waals surface area contributed by atoms with Crippen molar-refractivity contribution in [1.82, 2.24) is 0 Å². The Hall–Kier alpha value is -0.260. The maximum absolute atomic E-state index is 2.52. The lowest BCUT2D eigenvalue weighted by Gasteiger charge is -2.16. The van der Waals surface area contributed by atoms with Crippen molar-refractivity contribution < 1.29 is 0 Å². The largest absolute Gasteiger partial charge is 0.0825 e. The lowest BCUT2D eigenvalue weighted by Crippen LogP contribution is -2.06. The Morgan fingerprint density at radius 3 is 2.50 bits per heavy atom. The highest BCUT2D eigenvalue weighted by Gasteiger charge is 2.42. The molecule has 0 saturated heterocycles. The van der Waals surface area contributed by atoms with Crippen LogP contribution in [0.3, 0.4) is 0 Å². The molecule has 5 atom stereocenters. The molecule has 0 bridgehead atoms. The lowest BCUT2D eigenvalue weighted by atomic mass is 9.90. The molecule has 0 aromatic carbocycles. The fourth-order valence-electron chi connectivity index (χ4n) is 3.27. The molecule has 0 spiro atoms. The molecule has 2 rings (SSSR count). The summed E-state index contributed by atoms with van der Waals surface area (Å²) in [6.07, 6.45) is 6.86. The minimum atomic E-state index is 0.793. The SMILES string of the molecule is CC1=CC(C)C(C)CC2CC2C(C)C1. The average molecular weight is 192 g/mol. The number of allylic oxidation sites excluding steroid dienone is 2. The van der Waals surface area contributed by atoms with Crippen molar-refractivity contribution >= 4 is 0 Å². The summed E-state index contributed by atoms with van der Waals surface area (Å²) >= 11 is 0. The number of hydrogen-bond donors (Lipinski definition) is 0. The fourth-order valence-corrected chi connectivity index (χ4v) is 3.27. The quantitative estimate of drug-likeness (QED) is 0.503. The van der Waals surface area contributed by atoms with Crippen LogP contribution in [0.5, 0.6) is 0 Å². The molecule has 1 fully saturated rings. The molecule has 14 heavy (non-hydrogen) atoms. The Morgan fingerprint density at radius 2 is 1.79 bits per heavy atom. The first kappa shape index (κ1) is 10.3. The Kier molecular flexibility index (Phi) is 2.72. The Bertz CT molecular complexity index is 238. The molecule has 0 heterocycles. The zero-order valence-electron chi connectivity index (χ0n) is 10.1. The average Bonchev–Trinajstić information content (AvgIpc) is 2.81. The van der Waals surface area contributed by atoms with E-state index in [-0.39, 0.29) is 0 Å². The van der Waals surface area contributed by atoms with Crippen molar-refractivity contribution in [3.8, 4) is 0 Å². The van der Waals surface area contributed by atoms with Gasteiger partial charge in [-0.15, -0.1) is 0 Å². The third kappa shape index (κ3) is 2.04. The van der Waals surface area contributed by atoms with Gasteiger partial charge in [0.2, 0.25) is 0 Å². The predicted octanol–water partition coefficient (Wildman–Crippen LogP) is 4.27. The van der Waals surface area contributed by atoms with E-state index in [4.69, 9.17) is 0 Å². The van der Waals surface area contributed by atoms with E-state index in [0.29, 0.717) is 0 Å². The second-order valence-corrected chi connectivity index (χ2v) is 5.93. The monoisotopic (exact) mass is 192 g/mol. The van der Waals surface area contributed by atoms with Gasteiger partial charge in [-0.1, -0.05) is 32.4 Å². The zero-order valence-corrected chi connectivity index (χ0v) is 10.1. The predicted molar refractivity (Wildman–Crippen MR) is 62.1 cm³/mol. The van der Waals surface area contributed by atoms with E-state index in [1.54, 1.807) is 5.57 Å². The van der Waals surface area contributed by atoms with E-state index < -0.39 is 0 Å². The van der Waals surface area contributed by atoms with Gasteiger partial charge in [0.15, 0.2) is 0 Å². The first-order valence-corrected chi connectivity index (χ1v) is 6.25. The first-order chi connectivity index (χ1) is 6.58. The van der Waals surface area contributed by atoms with E-state index >= 15 is 0 Å². The van der Waals surface area contributed by atoms with Gasteiger partial charge in [0.05, 0.1) is 0 Å². The molecule has 2 aliphatic rings. The van der Waals surface area contributed by atoms with E-state index in [2.05, 4.69) is 33.8 Å². The molecule has 0 aromatic rings. The van der Waals surface area contributed by atoms with E-state index in [1.165, 1.54) is 19.3 Å². The number of hydrogen-bond acceptors (Lipinski definition) is 0. The molecule has 0 nitrogen and oxygen atoms in total. The van der Waals surface area contributed by atoms with Gasteiger partial charge in [-0.05, 0) is 55.8 Å². The highest BCUT2D eigenvalue weighted by molar-refractivity contribution is 5.07. The summed E-state index contributed by atoms with van der Waals surface area (Å²) in [5.74, 6) is 4.76. The standard InChI is InChI=1S/C14H24/c1-9-5-10(2)11(3)7-13-8-14(13)12(4)6-9/h5,10-14H,6-8H2,1-4H3. The van der Waals surface area contributed by atoms with Gasteiger partial charge in [0.25, 0.3) is 0 Å². The van der Waals surface area contributed by atoms with Crippen molar-refractivity contribution in [1.29, 1.82) is 0 Å². The third-order valence-corrected chi connectivity index (χ3v) is 4.47. The maximum Gasteiger partial charge on any atom is -0.0234 e. The minimum absolute atomic E-state index is 0.793. The van der Waals surface area contributed by atoms with E-state index in [1.807, 2.05) is 0 Å². The van der Waals surface area contributed by atoms with Crippen LogP contribution in [0, 0.1) is 29.6 Å². The summed E-state index contributed by atoms with van der Waals surface area (Å²) < 4.78 is 0. The highest BCUT2D eigenvalue weighted by Crippen LogP contribution is 2.51. The third-order valence-electron chi connectivity index (χ3n) is 4.47. The van der Waals surface area contributed by atoms with Crippen LogP contribution in [-0.4, -0.2) is 0 Å². The molecule has 0 amide bonds. The molecular formula is C14H24. The molecule has 0 aromatic heterocycles. The number of rotatable bonds is 0. The van der Waals surface area contributed by atoms with Gasteiger partial charge in [-0.3, -0.25) is 0 Å². The second-order valence-electron chi connectivity index (χ2n) is 5.93. The van der Waals surface area contributed by atoms with Gasteiger partial charge in [-0.25, -0.2) is 0 Å². The van der Waals surface area contributed by atoms with Crippen LogP contribution in [-0.2, 0) is 0 Å². The molecule has 0 radical (unpaired) electrons. The lowest BCUT2D eigenvalue weighted by molar-refractivity contribution is 0.381. The summed E-state index contributed by atoms with van der Waals surface area (Å²) in [5, 5.41) is 0. The summed E-state index contributed by atoms with van der Waals surface area (Å²) in [6, 6.07) is 0. The van der Waals surface area contributed by atoms with Crippen molar-refractivity contribution in [2.75, 3.05) is 0 Å². The smallest absolute Gasteiger partial charge is 0.0234 e. The van der Waals surface area contributed by atoms with Gasteiger partial charge in [-0.2, -0.15) is 0 Å². The minimum Gasteiger partial charge on any atom is -0.0825 e. The van der Waals surface area contributed by atoms with Crippen LogP contribution in [0.2, 0.25) is 0 Å². The van der Waals surface area contributed by atoms with Crippen LogP contribution in [0.4, 0.5) is 0 Å². The zero-order chi connectivity index (χ0) is 10.3. The van der Waals surface area contributed by atoms with Gasteiger partial charge >= 0.3 is 0 Å². The molecule has 0 heteroatoms. The van der Waals surface area contributed by atoms with Crippen LogP contribution in [0.15, 0.2) is 11.6 Å². The molecule has 1 saturated carbocycles. The Labute approximate surface area is 88.8 Å². The van der Waals surface area contributed by atoms with Crippen LogP contribution < -0.4 is 0 Å². The molecule has 0 N–H and O–H groups in total. The number of fused-ring (bicyclic) bond motifs is 1. The van der Waals surface area contributed by atoms with Crippen molar-refractivity contribution in [3.05, 3.63) is 11.6 Å². The first-order valence-electron chi connectivity index (χ1n) is 6.25. The molecular weight excluding hydrogens is 168 g/mol. The van der Waals surface area contributed by atoms with E-state index in [9.17, 15) is 0 Å². The summed E-state index contributed by atoms with van der Waals surface area (Å²) in [6.45, 7) is 9.59. The Balaban J connectivity index is 2.11. The molecule has 0 aliphatic heterocycles. The second kappa shape index (κ2) is 3.72. The van der Waals surface area contributed by atoms with Crippen LogP contribution in [0.1, 0.15) is 47.0 Å². The van der Waals surface area contributed by atoms with Crippen molar-refractivity contribution in [3.63, 3.8) is 0 Å². The van der Waals surface area contributed by atoms with Gasteiger partial charge in [0.1, 0.15) is 0 Å². The normalized spacial score (nSPS) is 48.3. The van der Waals surface area contributed by atoms with Gasteiger partial charge in [0, 0.05) is 0 Å². The summed E-state index contributed by atoms with van der Waals surface area (Å²) in [4.78, 5) is 0. The van der Waals surface area contributed by atoms with Crippen molar-refractivity contribution in [2.45, 2.75) is 47.0 Å². The maximum atomic E-state index is 2.52. The van der Waals surface area contributed by atoms with Crippen LogP contribution in [0.25, 0.3) is 0 Å². The van der Waals surface area contributed by atoms with Crippen molar-refractivity contribution in [2.24, 2.45) is 29.6 Å². The van der Waals surface area contributed by atoms with Crippen LogP contribution >= 0.6 is 0 Å². The fraction of sp³-hybridized carbons (Fsp3) is 0.857. The highest BCUT2D eigenvalue weighted by atomic mass is 14.5. The van der Waals surface area contributed by atoms with E-state index in [0.717, 1.165) is 29.6 Å². The van der Waals surface area contributed by atoms with Gasteiger partial charge < -0.3 is 0 Å². The summed E-state index contributed by atoms with van der Waals surface area (Å²) in [7, 11) is 0.